The second-order valence-corrected chi connectivity index (χ2v) is 12.2. The summed E-state index contributed by atoms with van der Waals surface area (Å²) < 4.78 is 17.8. The van der Waals surface area contributed by atoms with E-state index in [1.807, 2.05) is 26.8 Å². The van der Waals surface area contributed by atoms with Gasteiger partial charge in [0, 0.05) is 17.8 Å². The van der Waals surface area contributed by atoms with E-state index < -0.39 is 97.3 Å². The predicted octanol–water partition coefficient (Wildman–Crippen LogP) is -0.292. The molecule has 3 rings (SSSR count). The maximum Gasteiger partial charge on any atom is 0.309 e. The maximum absolute atomic E-state index is 12.8. The monoisotopic (exact) mass is 560 g/mol. The average Bonchev–Trinajstić information content (AvgIpc) is 2.81. The number of aliphatic hydroxyl groups is 6. The first-order valence-electron chi connectivity index (χ1n) is 13.5. The first kappa shape index (κ1) is 31.9. The number of fused-ring (bicyclic) bond motifs is 1. The van der Waals surface area contributed by atoms with Crippen LogP contribution in [-0.4, -0.2) is 109 Å². The predicted molar refractivity (Wildman–Crippen MR) is 135 cm³/mol. The lowest BCUT2D eigenvalue weighted by molar-refractivity contribution is -0.330. The van der Waals surface area contributed by atoms with E-state index in [1.165, 1.54) is 6.92 Å². The number of esters is 1. The highest BCUT2D eigenvalue weighted by Gasteiger charge is 2.60. The summed E-state index contributed by atoms with van der Waals surface area (Å²) in [5.41, 5.74) is -2.01. The molecular formula is C27H44O12. The number of carboxylic acids is 1. The van der Waals surface area contributed by atoms with Gasteiger partial charge < -0.3 is 50.0 Å². The van der Waals surface area contributed by atoms with Gasteiger partial charge in [0.2, 0.25) is 0 Å². The Kier molecular flexibility index (Phi) is 9.87. The molecule has 0 bridgehead atoms. The topological polar surface area (TPSA) is 203 Å². The molecular weight excluding hydrogens is 516 g/mol. The van der Waals surface area contributed by atoms with E-state index in [-0.39, 0.29) is 24.7 Å². The van der Waals surface area contributed by atoms with Crippen LogP contribution >= 0.6 is 0 Å². The summed E-state index contributed by atoms with van der Waals surface area (Å²) in [6, 6.07) is 0. The van der Waals surface area contributed by atoms with Gasteiger partial charge in [-0.1, -0.05) is 32.4 Å². The largest absolute Gasteiger partial charge is 0.481 e. The molecule has 0 spiro atoms. The number of carbonyl (C=O) groups is 2. The molecule has 12 heteroatoms. The van der Waals surface area contributed by atoms with E-state index in [4.69, 9.17) is 19.3 Å². The molecule has 0 unspecified atom stereocenters. The average molecular weight is 561 g/mol. The van der Waals surface area contributed by atoms with Gasteiger partial charge in [0.25, 0.3) is 0 Å². The second kappa shape index (κ2) is 12.1. The smallest absolute Gasteiger partial charge is 0.309 e. The van der Waals surface area contributed by atoms with E-state index in [0.29, 0.717) is 0 Å². The number of carbonyl (C=O) groups excluding carboxylic acids is 1. The minimum atomic E-state index is -1.81. The van der Waals surface area contributed by atoms with Gasteiger partial charge in [0.1, 0.15) is 30.5 Å². The van der Waals surface area contributed by atoms with Crippen LogP contribution in [0.2, 0.25) is 0 Å². The molecule has 7 N–H and O–H groups in total. The minimum absolute atomic E-state index is 0.0147. The van der Waals surface area contributed by atoms with Crippen molar-refractivity contribution in [3.63, 3.8) is 0 Å². The first-order chi connectivity index (χ1) is 18.0. The van der Waals surface area contributed by atoms with Gasteiger partial charge in [-0.05, 0) is 32.1 Å². The molecule has 0 radical (unpaired) electrons. The van der Waals surface area contributed by atoms with Crippen molar-refractivity contribution in [2.45, 2.75) is 115 Å². The number of rotatable bonds is 9. The molecule has 0 aromatic rings. The molecule has 3 aliphatic rings. The van der Waals surface area contributed by atoms with Crippen LogP contribution in [-0.2, 0) is 23.8 Å². The summed E-state index contributed by atoms with van der Waals surface area (Å²) in [4.78, 5) is 23.9. The summed E-state index contributed by atoms with van der Waals surface area (Å²) in [6.07, 6.45) is -8.49. The Morgan fingerprint density at radius 3 is 2.36 bits per heavy atom. The van der Waals surface area contributed by atoms with Gasteiger partial charge in [0.15, 0.2) is 6.29 Å². The lowest BCUT2D eigenvalue weighted by atomic mass is 9.53. The number of hydrogen-bond donors (Lipinski definition) is 7. The Bertz CT molecular complexity index is 916. The van der Waals surface area contributed by atoms with Crippen molar-refractivity contribution in [2.24, 2.45) is 23.2 Å². The molecule has 12 nitrogen and oxygen atoms in total. The third-order valence-electron chi connectivity index (χ3n) is 8.80. The van der Waals surface area contributed by atoms with Crippen molar-refractivity contribution in [3.05, 3.63) is 11.6 Å². The van der Waals surface area contributed by atoms with Gasteiger partial charge in [0.05, 0.1) is 37.3 Å². The molecule has 12 atom stereocenters. The Morgan fingerprint density at radius 1 is 1.15 bits per heavy atom. The molecule has 0 amide bonds. The standard InChI is InChI=1S/C27H44O12/c1-12(2)14-8-16(29)27(5)17(38-19(32)10-26(4,36)9-18(30)31)7-6-13(3)20(27)24(14)39-25-23(35)22(34)21(33)15(11-28)37-25/h6,12,14-17,20-25,28-29,33-36H,7-11H2,1-5H3,(H,30,31)/t14-,15+,16-,17-,20-,21+,22-,23+,24+,25-,26+,27+/m0/s1. The summed E-state index contributed by atoms with van der Waals surface area (Å²) >= 11 is 0. The van der Waals surface area contributed by atoms with Gasteiger partial charge in [-0.2, -0.15) is 0 Å². The molecule has 224 valence electrons. The Labute approximate surface area is 228 Å². The Morgan fingerprint density at radius 2 is 1.79 bits per heavy atom. The molecule has 39 heavy (non-hydrogen) atoms. The highest BCUT2D eigenvalue weighted by Crippen LogP contribution is 2.55. The number of aliphatic hydroxyl groups excluding tert-OH is 5. The molecule has 1 saturated heterocycles. The molecule has 1 saturated carbocycles. The van der Waals surface area contributed by atoms with E-state index >= 15 is 0 Å². The van der Waals surface area contributed by atoms with Crippen molar-refractivity contribution in [1.82, 2.24) is 0 Å². The number of hydrogen-bond acceptors (Lipinski definition) is 11. The van der Waals surface area contributed by atoms with Crippen molar-refractivity contribution >= 4 is 11.9 Å². The van der Waals surface area contributed by atoms with Crippen LogP contribution in [0.5, 0.6) is 0 Å². The quantitative estimate of drug-likeness (QED) is 0.144. The van der Waals surface area contributed by atoms with E-state index in [9.17, 15) is 40.2 Å². The fraction of sp³-hybridized carbons (Fsp3) is 0.852. The minimum Gasteiger partial charge on any atom is -0.481 e. The van der Waals surface area contributed by atoms with Crippen LogP contribution in [0.25, 0.3) is 0 Å². The van der Waals surface area contributed by atoms with Gasteiger partial charge in [-0.25, -0.2) is 0 Å². The third kappa shape index (κ3) is 6.48. The Balaban J connectivity index is 1.92. The Hall–Kier alpha value is -1.64. The molecule has 0 aromatic carbocycles. The molecule has 0 aromatic heterocycles. The van der Waals surface area contributed by atoms with Crippen molar-refractivity contribution in [2.75, 3.05) is 6.61 Å². The van der Waals surface area contributed by atoms with Crippen LogP contribution < -0.4 is 0 Å². The van der Waals surface area contributed by atoms with Gasteiger partial charge in [-0.15, -0.1) is 0 Å². The summed E-state index contributed by atoms with van der Waals surface area (Å²) in [7, 11) is 0. The molecule has 2 fully saturated rings. The highest BCUT2D eigenvalue weighted by molar-refractivity contribution is 5.74. The van der Waals surface area contributed by atoms with Crippen molar-refractivity contribution < 1.29 is 59.5 Å². The zero-order chi connectivity index (χ0) is 29.4. The first-order valence-corrected chi connectivity index (χ1v) is 13.5. The van der Waals surface area contributed by atoms with E-state index in [0.717, 1.165) is 5.57 Å². The fourth-order valence-electron chi connectivity index (χ4n) is 6.53. The van der Waals surface area contributed by atoms with Gasteiger partial charge in [-0.3, -0.25) is 9.59 Å². The number of carboxylic acid groups (broad SMARTS) is 1. The molecule has 1 heterocycles. The lowest BCUT2D eigenvalue weighted by Crippen LogP contribution is -2.65. The zero-order valence-corrected chi connectivity index (χ0v) is 23.1. The summed E-state index contributed by atoms with van der Waals surface area (Å²) in [6.45, 7) is 8.22. The SMILES string of the molecule is CC1=CC[C@H](OC(=O)C[C@](C)(O)CC(=O)O)[C@@]2(C)[C@@H](O)C[C@@H](C(C)C)[C@@H](O[C@@H]3O[C@H](CO)[C@@H](O)[C@H](O)[C@H]3O)[C@H]12. The lowest BCUT2D eigenvalue weighted by Gasteiger charge is -2.58. The highest BCUT2D eigenvalue weighted by atomic mass is 16.7. The number of ether oxygens (including phenoxy) is 3. The van der Waals surface area contributed by atoms with Crippen LogP contribution in [0.3, 0.4) is 0 Å². The van der Waals surface area contributed by atoms with Crippen LogP contribution in [0, 0.1) is 23.2 Å². The maximum atomic E-state index is 12.8. The summed E-state index contributed by atoms with van der Waals surface area (Å²) in [5, 5.41) is 71.6. The van der Waals surface area contributed by atoms with E-state index in [1.54, 1.807) is 6.92 Å². The van der Waals surface area contributed by atoms with Crippen LogP contribution in [0.4, 0.5) is 0 Å². The number of aliphatic carboxylic acids is 1. The van der Waals surface area contributed by atoms with Crippen LogP contribution in [0.1, 0.15) is 60.3 Å². The normalized spacial score (nSPS) is 42.3. The molecule has 1 aliphatic heterocycles. The van der Waals surface area contributed by atoms with E-state index in [2.05, 4.69) is 0 Å². The second-order valence-electron chi connectivity index (χ2n) is 12.2. The van der Waals surface area contributed by atoms with Crippen molar-refractivity contribution in [3.8, 4) is 0 Å². The fourth-order valence-corrected chi connectivity index (χ4v) is 6.53. The van der Waals surface area contributed by atoms with Crippen molar-refractivity contribution in [1.29, 1.82) is 0 Å². The third-order valence-corrected chi connectivity index (χ3v) is 8.80. The molecule has 2 aliphatic carbocycles. The summed E-state index contributed by atoms with van der Waals surface area (Å²) in [5.74, 6) is -2.80. The zero-order valence-electron chi connectivity index (χ0n) is 23.1. The van der Waals surface area contributed by atoms with Crippen LogP contribution in [0.15, 0.2) is 11.6 Å². The van der Waals surface area contributed by atoms with Gasteiger partial charge >= 0.3 is 11.9 Å².